The summed E-state index contributed by atoms with van der Waals surface area (Å²) in [5, 5.41) is 2.88. The molecule has 0 radical (unpaired) electrons. The highest BCUT2D eigenvalue weighted by atomic mass is 35.5. The van der Waals surface area contributed by atoms with Crippen molar-refractivity contribution < 1.29 is 0 Å². The van der Waals surface area contributed by atoms with Gasteiger partial charge in [-0.15, -0.1) is 6.58 Å². The number of allylic oxidation sites excluding steroid dienone is 1. The van der Waals surface area contributed by atoms with Crippen molar-refractivity contribution >= 4 is 40.5 Å². The van der Waals surface area contributed by atoms with E-state index in [-0.39, 0.29) is 0 Å². The third-order valence-electron chi connectivity index (χ3n) is 6.41. The molecule has 0 amide bonds. The minimum atomic E-state index is 0.482. The summed E-state index contributed by atoms with van der Waals surface area (Å²) in [5.74, 6) is 0. The van der Waals surface area contributed by atoms with E-state index < -0.39 is 0 Å². The Morgan fingerprint density at radius 3 is 2.27 bits per heavy atom. The molecule has 0 fully saturated rings. The first-order valence-corrected chi connectivity index (χ1v) is 12.6. The first-order valence-electron chi connectivity index (χ1n) is 12.2. The van der Waals surface area contributed by atoms with Crippen LogP contribution in [-0.4, -0.2) is 12.4 Å². The molecule has 0 aliphatic carbocycles. The topological polar surface area (TPSA) is 24.7 Å². The largest absolute Gasteiger partial charge is 0.279 e. The molecule has 5 aromatic carbocycles. The number of benzene rings is 5. The van der Waals surface area contributed by atoms with Crippen molar-refractivity contribution in [2.24, 2.45) is 9.98 Å². The minimum Gasteiger partial charge on any atom is -0.279 e. The molecule has 0 spiro atoms. The number of aliphatic imine (C=N–C) groups is 2. The van der Waals surface area contributed by atoms with E-state index >= 15 is 0 Å². The fourth-order valence-electron chi connectivity index (χ4n) is 4.62. The van der Waals surface area contributed by atoms with Crippen LogP contribution in [0.3, 0.4) is 0 Å². The van der Waals surface area contributed by atoms with Crippen LogP contribution in [0, 0.1) is 0 Å². The van der Waals surface area contributed by atoms with Crippen LogP contribution in [0.1, 0.15) is 22.3 Å². The highest BCUT2D eigenvalue weighted by Gasteiger charge is 2.14. The first-order chi connectivity index (χ1) is 18.2. The zero-order chi connectivity index (χ0) is 25.6. The Morgan fingerprint density at radius 2 is 1.51 bits per heavy atom. The molecule has 180 valence electrons. The van der Waals surface area contributed by atoms with Crippen LogP contribution in [0.4, 0.5) is 5.69 Å². The van der Waals surface area contributed by atoms with Gasteiger partial charge >= 0.3 is 0 Å². The van der Waals surface area contributed by atoms with Gasteiger partial charge in [0.15, 0.2) is 0 Å². The molecule has 0 saturated heterocycles. The van der Waals surface area contributed by atoms with Gasteiger partial charge in [-0.05, 0) is 65.0 Å². The van der Waals surface area contributed by atoms with Gasteiger partial charge in [0.25, 0.3) is 0 Å². The zero-order valence-electron chi connectivity index (χ0n) is 20.6. The summed E-state index contributed by atoms with van der Waals surface area (Å²) in [5.41, 5.74) is 8.18. The van der Waals surface area contributed by atoms with Crippen molar-refractivity contribution in [1.29, 1.82) is 0 Å². The lowest BCUT2D eigenvalue weighted by Gasteiger charge is -2.13. The van der Waals surface area contributed by atoms with Gasteiger partial charge in [-0.25, -0.2) is 0 Å². The summed E-state index contributed by atoms with van der Waals surface area (Å²) in [6.07, 6.45) is 2.77. The van der Waals surface area contributed by atoms with Crippen LogP contribution in [0.25, 0.3) is 21.9 Å². The fraction of sp³-hybridized carbons (Fsp3) is 0.0588. The van der Waals surface area contributed by atoms with Crippen molar-refractivity contribution in [2.75, 3.05) is 0 Å². The third-order valence-corrected chi connectivity index (χ3v) is 6.62. The monoisotopic (exact) mass is 498 g/mol. The van der Waals surface area contributed by atoms with E-state index in [0.717, 1.165) is 56.4 Å². The maximum Gasteiger partial charge on any atom is 0.0794 e. The summed E-state index contributed by atoms with van der Waals surface area (Å²) in [6.45, 7) is 8.19. The maximum atomic E-state index is 6.56. The smallest absolute Gasteiger partial charge is 0.0794 e. The second kappa shape index (κ2) is 11.2. The van der Waals surface area contributed by atoms with Gasteiger partial charge in [-0.1, -0.05) is 103 Å². The maximum absolute atomic E-state index is 6.56. The van der Waals surface area contributed by atoms with Gasteiger partial charge in [-0.2, -0.15) is 0 Å². The van der Waals surface area contributed by atoms with Gasteiger partial charge < -0.3 is 0 Å². The van der Waals surface area contributed by atoms with Crippen LogP contribution < -0.4 is 0 Å². The molecule has 0 saturated carbocycles. The molecule has 0 aliphatic heterocycles. The number of nitrogens with zero attached hydrogens (tertiary/aromatic N) is 2. The van der Waals surface area contributed by atoms with Gasteiger partial charge in [0.05, 0.1) is 17.9 Å². The minimum absolute atomic E-state index is 0.482. The van der Waals surface area contributed by atoms with E-state index in [4.69, 9.17) is 16.6 Å². The molecule has 37 heavy (non-hydrogen) atoms. The van der Waals surface area contributed by atoms with Crippen LogP contribution in [0.15, 0.2) is 132 Å². The molecule has 0 N–H and O–H groups in total. The average molecular weight is 499 g/mol. The van der Waals surface area contributed by atoms with Gasteiger partial charge in [0, 0.05) is 21.5 Å². The molecular weight excluding hydrogens is 472 g/mol. The number of hydrogen-bond acceptors (Lipinski definition) is 2. The molecule has 3 heteroatoms. The molecule has 0 bridgehead atoms. The van der Waals surface area contributed by atoms with Crippen molar-refractivity contribution in [1.82, 2.24) is 0 Å². The predicted molar refractivity (Wildman–Crippen MR) is 160 cm³/mol. The highest BCUT2D eigenvalue weighted by molar-refractivity contribution is 6.31. The number of hydrogen-bond donors (Lipinski definition) is 0. The second-order valence-electron chi connectivity index (χ2n) is 8.91. The first kappa shape index (κ1) is 24.4. The Kier molecular flexibility index (Phi) is 7.39. The van der Waals surface area contributed by atoms with Crippen molar-refractivity contribution in [3.05, 3.63) is 149 Å². The normalized spacial score (nSPS) is 11.4. The van der Waals surface area contributed by atoms with Crippen LogP contribution in [0.2, 0.25) is 5.02 Å². The number of fused-ring (bicyclic) bond motifs is 1. The molecule has 0 atom stereocenters. The van der Waals surface area contributed by atoms with Gasteiger partial charge in [-0.3, -0.25) is 9.98 Å². The zero-order valence-corrected chi connectivity index (χ0v) is 21.3. The van der Waals surface area contributed by atoms with Gasteiger partial charge in [0.2, 0.25) is 0 Å². The van der Waals surface area contributed by atoms with E-state index in [2.05, 4.69) is 85.0 Å². The van der Waals surface area contributed by atoms with E-state index in [1.165, 1.54) is 5.56 Å². The van der Waals surface area contributed by atoms with E-state index in [1.54, 1.807) is 0 Å². The quantitative estimate of drug-likeness (QED) is 0.150. The van der Waals surface area contributed by atoms with Crippen LogP contribution in [-0.2, 0) is 13.0 Å². The standard InChI is InChI=1S/C34H27ClN2/c1-3-9-24-14-16-26(17-15-24)29-20-25(21-30(35)22-29)23-37-33(28-11-5-4-6-12-28)32-19-18-27-10-7-8-13-31(27)34(32)36-2/h3-8,10-22H,1-2,9,23H2. The molecule has 5 rings (SSSR count). The highest BCUT2D eigenvalue weighted by Crippen LogP contribution is 2.32. The SMILES string of the molecule is C=CCc1ccc(-c2cc(Cl)cc(CN=C(c3ccccc3)c3ccc4ccccc4c3N=C)c2)cc1. The lowest BCUT2D eigenvalue weighted by atomic mass is 9.96. The summed E-state index contributed by atoms with van der Waals surface area (Å²) >= 11 is 6.56. The molecule has 2 nitrogen and oxygen atoms in total. The Morgan fingerprint density at radius 1 is 0.757 bits per heavy atom. The fourth-order valence-corrected chi connectivity index (χ4v) is 4.88. The number of halogens is 1. The summed E-state index contributed by atoms with van der Waals surface area (Å²) in [7, 11) is 0. The van der Waals surface area contributed by atoms with E-state index in [1.807, 2.05) is 48.5 Å². The lowest BCUT2D eigenvalue weighted by molar-refractivity contribution is 1.07. The van der Waals surface area contributed by atoms with Crippen LogP contribution in [0.5, 0.6) is 0 Å². The summed E-state index contributed by atoms with van der Waals surface area (Å²) < 4.78 is 0. The lowest BCUT2D eigenvalue weighted by Crippen LogP contribution is -2.05. The Hall–Kier alpha value is -4.27. The second-order valence-corrected chi connectivity index (χ2v) is 9.35. The third kappa shape index (κ3) is 5.45. The van der Waals surface area contributed by atoms with Crippen LogP contribution >= 0.6 is 11.6 Å². The summed E-state index contributed by atoms with van der Waals surface area (Å²) in [4.78, 5) is 9.55. The molecule has 0 aromatic heterocycles. The predicted octanol–water partition coefficient (Wildman–Crippen LogP) is 9.26. The van der Waals surface area contributed by atoms with E-state index in [9.17, 15) is 0 Å². The molecule has 0 aliphatic rings. The summed E-state index contributed by atoms with van der Waals surface area (Å²) in [6, 6.07) is 37.3. The Balaban J connectivity index is 1.56. The molecular formula is C34H27ClN2. The van der Waals surface area contributed by atoms with Gasteiger partial charge in [0.1, 0.15) is 0 Å². The number of rotatable bonds is 8. The van der Waals surface area contributed by atoms with E-state index in [0.29, 0.717) is 11.6 Å². The Labute approximate surface area is 223 Å². The molecule has 0 heterocycles. The van der Waals surface area contributed by atoms with Crippen molar-refractivity contribution in [3.8, 4) is 11.1 Å². The van der Waals surface area contributed by atoms with Crippen molar-refractivity contribution in [2.45, 2.75) is 13.0 Å². The Bertz CT molecular complexity index is 1600. The average Bonchev–Trinajstić information content (AvgIpc) is 2.94. The molecule has 0 unspecified atom stereocenters. The van der Waals surface area contributed by atoms with Crippen molar-refractivity contribution in [3.63, 3.8) is 0 Å². The molecule has 5 aromatic rings.